The zero-order valence-corrected chi connectivity index (χ0v) is 12.7. The Hall–Kier alpha value is -3.10. The number of amides is 1. The smallest absolute Gasteiger partial charge is 0.414 e. The van der Waals surface area contributed by atoms with Crippen LogP contribution in [0.3, 0.4) is 0 Å². The highest BCUT2D eigenvalue weighted by Gasteiger charge is 2.29. The molecule has 0 aliphatic rings. The van der Waals surface area contributed by atoms with Crippen LogP contribution in [0.1, 0.15) is 13.8 Å². The Morgan fingerprint density at radius 3 is 2.46 bits per heavy atom. The molecule has 1 amide bonds. The van der Waals surface area contributed by atoms with Crippen LogP contribution >= 0.6 is 0 Å². The maximum absolute atomic E-state index is 13.9. The van der Waals surface area contributed by atoms with Crippen molar-refractivity contribution in [3.63, 3.8) is 0 Å². The third-order valence-corrected chi connectivity index (χ3v) is 2.77. The van der Waals surface area contributed by atoms with E-state index in [0.29, 0.717) is 0 Å². The van der Waals surface area contributed by atoms with E-state index in [1.54, 1.807) is 6.92 Å². The fourth-order valence-corrected chi connectivity index (χ4v) is 1.87. The lowest BCUT2D eigenvalue weighted by molar-refractivity contribution is -0.132. The van der Waals surface area contributed by atoms with Crippen molar-refractivity contribution >= 4 is 17.9 Å². The number of benzene rings is 1. The van der Waals surface area contributed by atoms with Crippen molar-refractivity contribution < 1.29 is 37.4 Å². The Morgan fingerprint density at radius 1 is 1.29 bits per heavy atom. The van der Waals surface area contributed by atoms with Gasteiger partial charge in [-0.1, -0.05) is 6.07 Å². The molecule has 0 saturated carbocycles. The van der Waals surface area contributed by atoms with Gasteiger partial charge in [0.1, 0.15) is 11.6 Å². The molecule has 0 spiro atoms. The fraction of sp³-hybridized carbons (Fsp3) is 0.200. The topological polar surface area (TPSA) is 98.0 Å². The molecule has 9 heteroatoms. The Balaban J connectivity index is 2.56. The van der Waals surface area contributed by atoms with Crippen LogP contribution in [0.15, 0.2) is 22.6 Å². The molecule has 0 saturated heterocycles. The maximum atomic E-state index is 13.9. The van der Waals surface area contributed by atoms with Gasteiger partial charge in [-0.05, 0) is 19.1 Å². The quantitative estimate of drug-likeness (QED) is 0.827. The number of hydrogen-bond donors (Lipinski definition) is 2. The molecule has 0 atom stereocenters. The van der Waals surface area contributed by atoms with Crippen LogP contribution in [0, 0.1) is 11.6 Å². The number of nitrogens with one attached hydrogen (secondary N) is 1. The zero-order valence-electron chi connectivity index (χ0n) is 12.7. The Labute approximate surface area is 134 Å². The van der Waals surface area contributed by atoms with E-state index in [9.17, 15) is 23.5 Å². The van der Waals surface area contributed by atoms with Crippen LogP contribution in [0.2, 0.25) is 0 Å². The summed E-state index contributed by atoms with van der Waals surface area (Å²) in [5, 5.41) is 12.2. The Bertz CT molecular complexity index is 766. The van der Waals surface area contributed by atoms with Crippen molar-refractivity contribution in [2.24, 2.45) is 0 Å². The molecule has 0 fully saturated rings. The van der Waals surface area contributed by atoms with Gasteiger partial charge in [-0.25, -0.2) is 13.6 Å². The summed E-state index contributed by atoms with van der Waals surface area (Å²) in [7, 11) is 0. The first-order valence-corrected chi connectivity index (χ1v) is 6.77. The molecule has 2 aromatic rings. The Morgan fingerprint density at radius 2 is 1.92 bits per heavy atom. The number of ether oxygens (including phenoxy) is 2. The highest BCUT2D eigenvalue weighted by Crippen LogP contribution is 2.47. The van der Waals surface area contributed by atoms with Crippen LogP contribution in [0.5, 0.6) is 11.5 Å². The predicted octanol–water partition coefficient (Wildman–Crippen LogP) is 3.42. The van der Waals surface area contributed by atoms with Crippen LogP contribution in [0.25, 0.3) is 11.3 Å². The highest BCUT2D eigenvalue weighted by molar-refractivity contribution is 5.89. The molecule has 128 valence electrons. The second kappa shape index (κ2) is 6.99. The summed E-state index contributed by atoms with van der Waals surface area (Å²) in [6, 6.07) is 3.02. The van der Waals surface area contributed by atoms with Crippen molar-refractivity contribution in [1.82, 2.24) is 0 Å². The molecular formula is C15H13F2NO6. The average molecular weight is 341 g/mol. The summed E-state index contributed by atoms with van der Waals surface area (Å²) in [6.45, 7) is 2.62. The molecule has 1 aromatic carbocycles. The normalized spacial score (nSPS) is 10.3. The van der Waals surface area contributed by atoms with Gasteiger partial charge >= 0.3 is 12.1 Å². The molecule has 7 nitrogen and oxygen atoms in total. The molecule has 2 N–H and O–H groups in total. The number of anilines is 1. The van der Waals surface area contributed by atoms with Crippen LogP contribution in [-0.2, 0) is 9.53 Å². The van der Waals surface area contributed by atoms with Gasteiger partial charge in [0.2, 0.25) is 11.5 Å². The van der Waals surface area contributed by atoms with Gasteiger partial charge in [-0.3, -0.25) is 10.1 Å². The number of hydrogen-bond acceptors (Lipinski definition) is 6. The van der Waals surface area contributed by atoms with Crippen LogP contribution in [0.4, 0.5) is 19.5 Å². The monoisotopic (exact) mass is 341 g/mol. The molecule has 0 aliphatic carbocycles. The van der Waals surface area contributed by atoms with Gasteiger partial charge in [0.05, 0.1) is 12.2 Å². The second-order valence-electron chi connectivity index (χ2n) is 4.47. The van der Waals surface area contributed by atoms with Crippen molar-refractivity contribution in [2.75, 3.05) is 11.9 Å². The first-order chi connectivity index (χ1) is 11.3. The number of rotatable bonds is 4. The van der Waals surface area contributed by atoms with Crippen molar-refractivity contribution in [1.29, 1.82) is 0 Å². The molecule has 24 heavy (non-hydrogen) atoms. The van der Waals surface area contributed by atoms with E-state index >= 15 is 0 Å². The third kappa shape index (κ3) is 3.45. The largest absolute Gasteiger partial charge is 0.502 e. The first kappa shape index (κ1) is 17.3. The summed E-state index contributed by atoms with van der Waals surface area (Å²) < 4.78 is 42.2. The highest BCUT2D eigenvalue weighted by atomic mass is 19.1. The van der Waals surface area contributed by atoms with Gasteiger partial charge < -0.3 is 19.0 Å². The van der Waals surface area contributed by atoms with Crippen LogP contribution in [-0.4, -0.2) is 23.8 Å². The minimum Gasteiger partial charge on any atom is -0.502 e. The number of furan rings is 1. The van der Waals surface area contributed by atoms with Crippen LogP contribution < -0.4 is 10.1 Å². The molecule has 0 unspecified atom stereocenters. The molecule has 2 rings (SSSR count). The summed E-state index contributed by atoms with van der Waals surface area (Å²) in [4.78, 5) is 22.6. The molecule has 0 radical (unpaired) electrons. The molecule has 1 aromatic heterocycles. The van der Waals surface area contributed by atoms with Gasteiger partial charge in [-0.15, -0.1) is 0 Å². The lowest BCUT2D eigenvalue weighted by Crippen LogP contribution is -2.14. The van der Waals surface area contributed by atoms with Gasteiger partial charge in [0, 0.05) is 6.92 Å². The number of aromatic hydroxyl groups is 1. The fourth-order valence-electron chi connectivity index (χ4n) is 1.87. The molecule has 0 aliphatic heterocycles. The van der Waals surface area contributed by atoms with Gasteiger partial charge in [0.15, 0.2) is 5.76 Å². The third-order valence-electron chi connectivity index (χ3n) is 2.77. The minimum absolute atomic E-state index is 0.0379. The van der Waals surface area contributed by atoms with E-state index in [1.807, 2.05) is 0 Å². The summed E-state index contributed by atoms with van der Waals surface area (Å²) >= 11 is 0. The lowest BCUT2D eigenvalue weighted by Gasteiger charge is -2.04. The van der Waals surface area contributed by atoms with Crippen molar-refractivity contribution in [2.45, 2.75) is 13.8 Å². The molecular weight excluding hydrogens is 328 g/mol. The van der Waals surface area contributed by atoms with E-state index in [1.165, 1.54) is 0 Å². The lowest BCUT2D eigenvalue weighted by atomic mass is 10.1. The SMILES string of the molecule is CCOC(=O)Nc1oc(-c2c(F)cccc2F)c(O)c1OC(C)=O. The number of esters is 1. The summed E-state index contributed by atoms with van der Waals surface area (Å²) in [5.74, 6) is -5.49. The standard InChI is InChI=1S/C15H13F2NO6/c1-3-22-15(21)18-14-13(23-7(2)19)11(20)12(24-14)10-8(16)5-4-6-9(10)17/h4-6,20H,3H2,1-2H3,(H,18,21). The summed E-state index contributed by atoms with van der Waals surface area (Å²) in [6.07, 6.45) is -0.972. The van der Waals surface area contributed by atoms with Crippen molar-refractivity contribution in [3.05, 3.63) is 29.8 Å². The predicted molar refractivity (Wildman–Crippen MR) is 77.7 cm³/mol. The number of carbonyl (C=O) groups is 2. The van der Waals surface area contributed by atoms with E-state index in [2.05, 4.69) is 10.1 Å². The number of carbonyl (C=O) groups excluding carboxylic acids is 2. The first-order valence-electron chi connectivity index (χ1n) is 6.77. The van der Waals surface area contributed by atoms with Gasteiger partial charge in [-0.2, -0.15) is 0 Å². The zero-order chi connectivity index (χ0) is 17.9. The number of halogens is 2. The minimum atomic E-state index is -1.02. The van der Waals surface area contributed by atoms with Gasteiger partial charge in [0.25, 0.3) is 5.88 Å². The summed E-state index contributed by atoms with van der Waals surface area (Å²) in [5.41, 5.74) is -0.680. The van der Waals surface area contributed by atoms with E-state index in [4.69, 9.17) is 9.15 Å². The van der Waals surface area contributed by atoms with E-state index < -0.39 is 52.4 Å². The average Bonchev–Trinajstić information content (AvgIpc) is 2.76. The van der Waals surface area contributed by atoms with Crippen molar-refractivity contribution in [3.8, 4) is 22.8 Å². The van der Waals surface area contributed by atoms with E-state index in [0.717, 1.165) is 25.1 Å². The van der Waals surface area contributed by atoms with E-state index in [-0.39, 0.29) is 6.61 Å². The maximum Gasteiger partial charge on any atom is 0.414 e. The Kier molecular flexibility index (Phi) is 5.02. The molecule has 0 bridgehead atoms. The second-order valence-corrected chi connectivity index (χ2v) is 4.47. The molecule has 1 heterocycles.